The summed E-state index contributed by atoms with van der Waals surface area (Å²) in [5.74, 6) is -1.15. The lowest BCUT2D eigenvalue weighted by Crippen LogP contribution is -2.22. The number of hydroxylamine groups is 1. The molecule has 1 atom stereocenters. The number of methoxy groups -OCH3 is 1. The molecule has 3 aromatic carbocycles. The van der Waals surface area contributed by atoms with Gasteiger partial charge in [-0.3, -0.25) is 9.63 Å². The van der Waals surface area contributed by atoms with E-state index in [0.29, 0.717) is 42.5 Å². The maximum absolute atomic E-state index is 14.8. The average Bonchev–Trinajstić information content (AvgIpc) is 3.52. The Labute approximate surface area is 264 Å². The Kier molecular flexibility index (Phi) is 10.4. The molecule has 1 aromatic heterocycles. The lowest BCUT2D eigenvalue weighted by molar-refractivity contribution is -0.111. The minimum atomic E-state index is -0.674. The highest BCUT2D eigenvalue weighted by atomic mass is 19.1. The summed E-state index contributed by atoms with van der Waals surface area (Å²) in [6, 6.07) is 14.3. The van der Waals surface area contributed by atoms with Gasteiger partial charge in [0.1, 0.15) is 30.3 Å². The number of nitrogens with one attached hydrogen (secondary N) is 2. The van der Waals surface area contributed by atoms with Crippen LogP contribution in [0.4, 0.5) is 36.2 Å². The SMILES string of the molecule is COc1cc(F)c(NC(=O)/C=C/CN(C)C)cc1Nc1cc(N2OCC[C@@H]2c2ccc(F)c(OCc3cccc(F)c3)c2)ncn1. The number of rotatable bonds is 12. The molecular weight excluding hydrogens is 601 g/mol. The predicted molar refractivity (Wildman–Crippen MR) is 168 cm³/mol. The number of carbonyl (C=O) groups is 1. The number of anilines is 4. The van der Waals surface area contributed by atoms with Gasteiger partial charge in [0.15, 0.2) is 23.2 Å². The van der Waals surface area contributed by atoms with Crippen LogP contribution in [0.15, 0.2) is 79.1 Å². The molecule has 1 fully saturated rings. The van der Waals surface area contributed by atoms with E-state index in [4.69, 9.17) is 14.3 Å². The number of likely N-dealkylation sites (N-methyl/N-ethyl adjacent to an activating group) is 1. The van der Waals surface area contributed by atoms with Crippen molar-refractivity contribution in [3.05, 3.63) is 108 Å². The molecule has 13 heteroatoms. The molecule has 0 unspecified atom stereocenters. The topological polar surface area (TPSA) is 101 Å². The van der Waals surface area contributed by atoms with Crippen LogP contribution in [0.3, 0.4) is 0 Å². The summed E-state index contributed by atoms with van der Waals surface area (Å²) in [6.45, 7) is 0.928. The van der Waals surface area contributed by atoms with Gasteiger partial charge in [-0.2, -0.15) is 0 Å². The minimum Gasteiger partial charge on any atom is -0.494 e. The van der Waals surface area contributed by atoms with Crippen LogP contribution in [0.5, 0.6) is 11.5 Å². The smallest absolute Gasteiger partial charge is 0.248 e. The van der Waals surface area contributed by atoms with Gasteiger partial charge in [0.05, 0.1) is 31.1 Å². The minimum absolute atomic E-state index is 0.00461. The fourth-order valence-electron chi connectivity index (χ4n) is 4.76. The second kappa shape index (κ2) is 14.8. The first-order valence-corrected chi connectivity index (χ1v) is 14.4. The summed E-state index contributed by atoms with van der Waals surface area (Å²) in [7, 11) is 5.13. The molecule has 46 heavy (non-hydrogen) atoms. The zero-order valence-corrected chi connectivity index (χ0v) is 25.5. The summed E-state index contributed by atoms with van der Waals surface area (Å²) in [6.07, 6.45) is 4.92. The third kappa shape index (κ3) is 8.11. The molecule has 0 bridgehead atoms. The van der Waals surface area contributed by atoms with Crippen LogP contribution >= 0.6 is 0 Å². The molecule has 4 aromatic rings. The van der Waals surface area contributed by atoms with E-state index < -0.39 is 23.4 Å². The molecule has 1 amide bonds. The first-order chi connectivity index (χ1) is 22.2. The molecule has 5 rings (SSSR count). The molecule has 1 saturated heterocycles. The Morgan fingerprint density at radius 1 is 1.04 bits per heavy atom. The number of aromatic nitrogens is 2. The summed E-state index contributed by atoms with van der Waals surface area (Å²) >= 11 is 0. The summed E-state index contributed by atoms with van der Waals surface area (Å²) in [5.41, 5.74) is 1.59. The third-order valence-electron chi connectivity index (χ3n) is 6.96. The standard InChI is InChI=1S/C33H33F3N6O4/c1-41(2)12-5-8-33(43)40-26-17-27(30(44-3)16-25(26)36)39-31-18-32(38-20-37-31)42-28(11-13-46-42)22-9-10-24(35)29(15-22)45-19-21-6-4-7-23(34)14-21/h4-10,14-18,20,28H,11-13,19H2,1-3H3,(H,40,43)(H,37,38,39)/b8-5+/t28-/m1/s1. The molecule has 10 nitrogen and oxygen atoms in total. The van der Waals surface area contributed by atoms with Gasteiger partial charge in [-0.15, -0.1) is 0 Å². The van der Waals surface area contributed by atoms with Crippen LogP contribution in [0.25, 0.3) is 0 Å². The zero-order chi connectivity index (χ0) is 32.6. The number of amides is 1. The monoisotopic (exact) mass is 634 g/mol. The highest BCUT2D eigenvalue weighted by Gasteiger charge is 2.30. The number of benzene rings is 3. The van der Waals surface area contributed by atoms with Crippen molar-refractivity contribution in [2.24, 2.45) is 0 Å². The number of hydrogen-bond acceptors (Lipinski definition) is 9. The highest BCUT2D eigenvalue weighted by molar-refractivity contribution is 6.00. The van der Waals surface area contributed by atoms with Crippen molar-refractivity contribution in [1.29, 1.82) is 0 Å². The van der Waals surface area contributed by atoms with Crippen LogP contribution < -0.4 is 25.2 Å². The predicted octanol–water partition coefficient (Wildman–Crippen LogP) is 6.16. The molecule has 1 aliphatic heterocycles. The summed E-state index contributed by atoms with van der Waals surface area (Å²) in [4.78, 5) is 28.8. The van der Waals surface area contributed by atoms with E-state index in [2.05, 4.69) is 20.6 Å². The first-order valence-electron chi connectivity index (χ1n) is 14.4. The molecule has 0 spiro atoms. The van der Waals surface area contributed by atoms with Crippen molar-refractivity contribution < 1.29 is 32.3 Å². The molecule has 1 aliphatic rings. The van der Waals surface area contributed by atoms with Crippen LogP contribution in [-0.2, 0) is 16.2 Å². The summed E-state index contributed by atoms with van der Waals surface area (Å²) < 4.78 is 54.1. The van der Waals surface area contributed by atoms with Crippen molar-refractivity contribution in [3.63, 3.8) is 0 Å². The van der Waals surface area contributed by atoms with E-state index in [9.17, 15) is 18.0 Å². The number of ether oxygens (including phenoxy) is 2. The van der Waals surface area contributed by atoms with Crippen LogP contribution in [-0.4, -0.2) is 55.1 Å². The summed E-state index contributed by atoms with van der Waals surface area (Å²) in [5, 5.41) is 7.24. The van der Waals surface area contributed by atoms with Gasteiger partial charge in [0, 0.05) is 31.2 Å². The number of carbonyl (C=O) groups excluding carboxylic acids is 1. The lowest BCUT2D eigenvalue weighted by atomic mass is 10.0. The van der Waals surface area contributed by atoms with Crippen molar-refractivity contribution in [2.75, 3.05) is 50.1 Å². The van der Waals surface area contributed by atoms with Gasteiger partial charge < -0.3 is 25.0 Å². The van der Waals surface area contributed by atoms with E-state index in [-0.39, 0.29) is 29.8 Å². The van der Waals surface area contributed by atoms with Crippen molar-refractivity contribution >= 4 is 28.9 Å². The van der Waals surface area contributed by atoms with Crippen LogP contribution in [0, 0.1) is 17.5 Å². The van der Waals surface area contributed by atoms with E-state index in [1.165, 1.54) is 43.8 Å². The first kappa shape index (κ1) is 32.3. The molecule has 0 aliphatic carbocycles. The largest absolute Gasteiger partial charge is 0.494 e. The van der Waals surface area contributed by atoms with Gasteiger partial charge in [0.2, 0.25) is 5.91 Å². The number of hydrogen-bond donors (Lipinski definition) is 2. The molecule has 240 valence electrons. The van der Waals surface area contributed by atoms with Crippen LogP contribution in [0.1, 0.15) is 23.6 Å². The van der Waals surface area contributed by atoms with E-state index in [0.717, 1.165) is 11.6 Å². The molecule has 2 N–H and O–H groups in total. The van der Waals surface area contributed by atoms with Crippen molar-refractivity contribution in [2.45, 2.75) is 19.1 Å². The average molecular weight is 635 g/mol. The zero-order valence-electron chi connectivity index (χ0n) is 25.5. The molecular formula is C33H33F3N6O4. The quantitative estimate of drug-likeness (QED) is 0.177. The van der Waals surface area contributed by atoms with Gasteiger partial charge in [0.25, 0.3) is 0 Å². The Bertz CT molecular complexity index is 1720. The number of nitrogens with zero attached hydrogens (tertiary/aromatic N) is 4. The van der Waals surface area contributed by atoms with Gasteiger partial charge in [-0.25, -0.2) is 28.2 Å². The number of halogens is 3. The maximum atomic E-state index is 14.8. The molecule has 0 radical (unpaired) electrons. The van der Waals surface area contributed by atoms with Gasteiger partial charge >= 0.3 is 0 Å². The second-order valence-corrected chi connectivity index (χ2v) is 10.6. The van der Waals surface area contributed by atoms with Gasteiger partial charge in [-0.05, 0) is 55.6 Å². The fourth-order valence-corrected chi connectivity index (χ4v) is 4.76. The van der Waals surface area contributed by atoms with Crippen molar-refractivity contribution in [3.8, 4) is 11.5 Å². The van der Waals surface area contributed by atoms with Crippen molar-refractivity contribution in [1.82, 2.24) is 14.9 Å². The van der Waals surface area contributed by atoms with E-state index >= 15 is 0 Å². The Balaban J connectivity index is 1.33. The normalized spacial score (nSPS) is 14.6. The lowest BCUT2D eigenvalue weighted by Gasteiger charge is -2.24. The van der Waals surface area contributed by atoms with E-state index in [1.807, 2.05) is 19.0 Å². The fraction of sp³-hybridized carbons (Fsp3) is 0.242. The van der Waals surface area contributed by atoms with Crippen LogP contribution in [0.2, 0.25) is 0 Å². The Morgan fingerprint density at radius 3 is 2.67 bits per heavy atom. The molecule has 0 saturated carbocycles. The van der Waals surface area contributed by atoms with Gasteiger partial charge in [-0.1, -0.05) is 24.3 Å². The highest BCUT2D eigenvalue weighted by Crippen LogP contribution is 2.38. The Hall–Kier alpha value is -5.14. The second-order valence-electron chi connectivity index (χ2n) is 10.6. The maximum Gasteiger partial charge on any atom is 0.248 e. The third-order valence-corrected chi connectivity index (χ3v) is 6.96. The Morgan fingerprint density at radius 2 is 1.89 bits per heavy atom. The molecule has 2 heterocycles. The van der Waals surface area contributed by atoms with E-state index in [1.54, 1.807) is 41.5 Å².